The van der Waals surface area contributed by atoms with E-state index in [0.717, 1.165) is 53.9 Å². The van der Waals surface area contributed by atoms with Crippen LogP contribution in [-0.4, -0.2) is 54.8 Å². The molecule has 0 unspecified atom stereocenters. The molecule has 0 aliphatic carbocycles. The van der Waals surface area contributed by atoms with Crippen molar-refractivity contribution in [1.29, 1.82) is 5.26 Å². The SMILES string of the molecule is COc1cc2ncnc(N3CCC(CN4Cc5ccccc5N(c5ccc(Br)c(C#N)c5)C4=O)CC3)c2cc1OC. The van der Waals surface area contributed by atoms with Gasteiger partial charge in [-0.3, -0.25) is 4.90 Å². The summed E-state index contributed by atoms with van der Waals surface area (Å²) in [4.78, 5) is 28.9. The van der Waals surface area contributed by atoms with E-state index in [1.54, 1.807) is 31.5 Å². The van der Waals surface area contributed by atoms with Crippen LogP contribution in [0.15, 0.2) is 65.4 Å². The van der Waals surface area contributed by atoms with Gasteiger partial charge >= 0.3 is 6.03 Å². The third-order valence-electron chi connectivity index (χ3n) is 7.90. The zero-order valence-corrected chi connectivity index (χ0v) is 24.5. The average Bonchev–Trinajstić information content (AvgIpc) is 3.01. The van der Waals surface area contributed by atoms with Gasteiger partial charge in [-0.15, -0.1) is 0 Å². The van der Waals surface area contributed by atoms with Crippen molar-refractivity contribution in [2.24, 2.45) is 5.92 Å². The number of urea groups is 1. The molecule has 0 N–H and O–H groups in total. The summed E-state index contributed by atoms with van der Waals surface area (Å²) in [5, 5.41) is 10.5. The summed E-state index contributed by atoms with van der Waals surface area (Å²) in [5.74, 6) is 2.51. The van der Waals surface area contributed by atoms with Gasteiger partial charge in [-0.2, -0.15) is 5.26 Å². The molecule has 41 heavy (non-hydrogen) atoms. The van der Waals surface area contributed by atoms with E-state index in [9.17, 15) is 10.1 Å². The number of rotatable bonds is 6. The lowest BCUT2D eigenvalue weighted by atomic mass is 9.95. The van der Waals surface area contributed by atoms with Gasteiger partial charge in [-0.1, -0.05) is 18.2 Å². The van der Waals surface area contributed by atoms with Crippen LogP contribution < -0.4 is 19.3 Å². The van der Waals surface area contributed by atoms with Crippen molar-refractivity contribution < 1.29 is 14.3 Å². The van der Waals surface area contributed by atoms with Crippen LogP contribution in [-0.2, 0) is 6.54 Å². The molecule has 2 amide bonds. The third kappa shape index (κ3) is 5.02. The van der Waals surface area contributed by atoms with Crippen LogP contribution >= 0.6 is 15.9 Å². The van der Waals surface area contributed by atoms with E-state index in [0.29, 0.717) is 46.2 Å². The number of fused-ring (bicyclic) bond motifs is 2. The molecule has 0 atom stereocenters. The van der Waals surface area contributed by atoms with Crippen molar-refractivity contribution in [3.8, 4) is 17.6 Å². The summed E-state index contributed by atoms with van der Waals surface area (Å²) in [6.07, 6.45) is 3.45. The monoisotopic (exact) mass is 612 g/mol. The Morgan fingerprint density at radius 1 is 1.02 bits per heavy atom. The molecule has 3 aromatic carbocycles. The molecule has 1 fully saturated rings. The average molecular weight is 614 g/mol. The summed E-state index contributed by atoms with van der Waals surface area (Å²) in [7, 11) is 3.24. The van der Waals surface area contributed by atoms with Gasteiger partial charge in [0.25, 0.3) is 0 Å². The molecule has 0 saturated carbocycles. The minimum Gasteiger partial charge on any atom is -0.493 e. The van der Waals surface area contributed by atoms with Crippen molar-refractivity contribution in [3.63, 3.8) is 0 Å². The van der Waals surface area contributed by atoms with Crippen molar-refractivity contribution in [1.82, 2.24) is 14.9 Å². The maximum atomic E-state index is 13.9. The number of carbonyl (C=O) groups excluding carboxylic acids is 1. The lowest BCUT2D eigenvalue weighted by molar-refractivity contribution is 0.184. The molecule has 6 rings (SSSR count). The predicted molar refractivity (Wildman–Crippen MR) is 161 cm³/mol. The van der Waals surface area contributed by atoms with E-state index in [1.165, 1.54) is 0 Å². The Morgan fingerprint density at radius 2 is 1.78 bits per heavy atom. The standard InChI is InChI=1S/C31H29BrN6O3/c1-40-28-14-24-26(15-29(28)41-2)34-19-35-30(24)36-11-9-20(10-12-36)17-37-18-21-5-3-4-6-27(21)38(31(37)39)23-7-8-25(32)22(13-23)16-33/h3-8,13-15,19-20H,9-12,17-18H2,1-2H3. The first-order chi connectivity index (χ1) is 20.0. The third-order valence-corrected chi connectivity index (χ3v) is 8.59. The summed E-state index contributed by atoms with van der Waals surface area (Å²) < 4.78 is 11.7. The van der Waals surface area contributed by atoms with Gasteiger partial charge in [-0.05, 0) is 70.6 Å². The quantitative estimate of drug-likeness (QED) is 0.253. The summed E-state index contributed by atoms with van der Waals surface area (Å²) >= 11 is 3.43. The number of piperidine rings is 1. The highest BCUT2D eigenvalue weighted by Gasteiger charge is 2.34. The molecule has 208 valence electrons. The fraction of sp³-hybridized carbons (Fsp3) is 0.290. The molecule has 10 heteroatoms. The van der Waals surface area contributed by atoms with Gasteiger partial charge in [0.1, 0.15) is 18.2 Å². The molecule has 0 bridgehead atoms. The molecule has 9 nitrogen and oxygen atoms in total. The Balaban J connectivity index is 1.20. The van der Waals surface area contributed by atoms with Crippen LogP contribution in [0.25, 0.3) is 10.9 Å². The number of hydrogen-bond acceptors (Lipinski definition) is 7. The van der Waals surface area contributed by atoms with Crippen LogP contribution in [0.3, 0.4) is 0 Å². The number of carbonyl (C=O) groups is 1. The molecule has 0 spiro atoms. The van der Waals surface area contributed by atoms with E-state index in [4.69, 9.17) is 9.47 Å². The highest BCUT2D eigenvalue weighted by Crippen LogP contribution is 2.38. The van der Waals surface area contributed by atoms with Crippen LogP contribution in [0.5, 0.6) is 11.5 Å². The number of amides is 2. The normalized spacial score (nSPS) is 15.6. The smallest absolute Gasteiger partial charge is 0.329 e. The van der Waals surface area contributed by atoms with E-state index in [1.807, 2.05) is 47.4 Å². The molecule has 1 aromatic heterocycles. The van der Waals surface area contributed by atoms with E-state index in [-0.39, 0.29) is 6.03 Å². The maximum Gasteiger partial charge on any atom is 0.329 e. The summed E-state index contributed by atoms with van der Waals surface area (Å²) in [5.41, 5.74) is 3.93. The second-order valence-electron chi connectivity index (χ2n) is 10.3. The van der Waals surface area contributed by atoms with Crippen LogP contribution in [0.1, 0.15) is 24.0 Å². The van der Waals surface area contributed by atoms with Crippen molar-refractivity contribution in [2.45, 2.75) is 19.4 Å². The molecule has 2 aliphatic heterocycles. The molecule has 0 radical (unpaired) electrons. The Hall–Kier alpha value is -4.36. The number of halogens is 1. The highest BCUT2D eigenvalue weighted by atomic mass is 79.9. The van der Waals surface area contributed by atoms with Crippen molar-refractivity contribution >= 4 is 50.1 Å². The number of hydrogen-bond donors (Lipinski definition) is 0. The number of ether oxygens (including phenoxy) is 2. The maximum absolute atomic E-state index is 13.9. The molecule has 1 saturated heterocycles. The molecule has 2 aliphatic rings. The topological polar surface area (TPSA) is 94.8 Å². The van der Waals surface area contributed by atoms with Gasteiger partial charge in [0.15, 0.2) is 11.5 Å². The van der Waals surface area contributed by atoms with Gasteiger partial charge in [0.05, 0.1) is 36.7 Å². The minimum atomic E-state index is -0.0693. The summed E-state index contributed by atoms with van der Waals surface area (Å²) in [6, 6.07) is 19.4. The highest BCUT2D eigenvalue weighted by molar-refractivity contribution is 9.10. The fourth-order valence-electron chi connectivity index (χ4n) is 5.77. The zero-order valence-electron chi connectivity index (χ0n) is 22.9. The van der Waals surface area contributed by atoms with Crippen LogP contribution in [0, 0.1) is 17.2 Å². The predicted octanol–water partition coefficient (Wildman–Crippen LogP) is 6.27. The number of anilines is 3. The number of para-hydroxylation sites is 1. The number of nitriles is 1. The van der Waals surface area contributed by atoms with Gasteiger partial charge in [0, 0.05) is 42.1 Å². The van der Waals surface area contributed by atoms with E-state index >= 15 is 0 Å². The Bertz CT molecular complexity index is 1660. The van der Waals surface area contributed by atoms with Crippen molar-refractivity contribution in [3.05, 3.63) is 76.5 Å². The second kappa shape index (κ2) is 11.3. The Kier molecular flexibility index (Phi) is 7.37. The van der Waals surface area contributed by atoms with Gasteiger partial charge < -0.3 is 19.3 Å². The molecule has 4 aromatic rings. The Labute approximate surface area is 247 Å². The first-order valence-corrected chi connectivity index (χ1v) is 14.3. The zero-order chi connectivity index (χ0) is 28.5. The van der Waals surface area contributed by atoms with Gasteiger partial charge in [-0.25, -0.2) is 14.8 Å². The number of methoxy groups -OCH3 is 2. The van der Waals surface area contributed by atoms with Crippen LogP contribution in [0.2, 0.25) is 0 Å². The first kappa shape index (κ1) is 26.8. The van der Waals surface area contributed by atoms with Crippen molar-refractivity contribution in [2.75, 3.05) is 43.7 Å². The number of aromatic nitrogens is 2. The molecule has 3 heterocycles. The largest absolute Gasteiger partial charge is 0.493 e. The number of nitrogens with zero attached hydrogens (tertiary/aromatic N) is 6. The lowest BCUT2D eigenvalue weighted by Gasteiger charge is -2.40. The van der Waals surface area contributed by atoms with Gasteiger partial charge in [0.2, 0.25) is 0 Å². The van der Waals surface area contributed by atoms with Crippen LogP contribution in [0.4, 0.5) is 22.0 Å². The lowest BCUT2D eigenvalue weighted by Crippen LogP contribution is -2.48. The first-order valence-electron chi connectivity index (χ1n) is 13.5. The fourth-order valence-corrected chi connectivity index (χ4v) is 6.11. The summed E-state index contributed by atoms with van der Waals surface area (Å²) in [6.45, 7) is 2.87. The second-order valence-corrected chi connectivity index (χ2v) is 11.1. The van der Waals surface area contributed by atoms with E-state index < -0.39 is 0 Å². The molecular weight excluding hydrogens is 584 g/mol. The number of benzene rings is 3. The minimum absolute atomic E-state index is 0.0693. The Morgan fingerprint density at radius 3 is 2.54 bits per heavy atom. The molecular formula is C31H29BrN6O3. The van der Waals surface area contributed by atoms with E-state index in [2.05, 4.69) is 42.9 Å².